The van der Waals surface area contributed by atoms with Crippen molar-refractivity contribution in [3.63, 3.8) is 0 Å². The number of hydrogen-bond acceptors (Lipinski definition) is 4. The number of rotatable bonds is 5. The molecular formula is C16H20N4O. The molecule has 2 rings (SSSR count). The highest BCUT2D eigenvalue weighted by atomic mass is 16.1. The summed E-state index contributed by atoms with van der Waals surface area (Å²) in [7, 11) is 0. The van der Waals surface area contributed by atoms with E-state index in [2.05, 4.69) is 15.6 Å². The van der Waals surface area contributed by atoms with E-state index in [0.717, 1.165) is 11.1 Å². The van der Waals surface area contributed by atoms with Crippen LogP contribution in [0.1, 0.15) is 21.5 Å². The van der Waals surface area contributed by atoms with E-state index in [1.807, 2.05) is 44.2 Å². The maximum Gasteiger partial charge on any atom is 0.251 e. The van der Waals surface area contributed by atoms with Crippen LogP contribution in [0.25, 0.3) is 0 Å². The minimum Gasteiger partial charge on any atom is -0.396 e. The van der Waals surface area contributed by atoms with Gasteiger partial charge in [0.1, 0.15) is 5.82 Å². The predicted octanol–water partition coefficient (Wildman–Crippen LogP) is 2.12. The van der Waals surface area contributed by atoms with Crippen LogP contribution in [-0.2, 0) is 0 Å². The summed E-state index contributed by atoms with van der Waals surface area (Å²) in [6, 6.07) is 9.37. The van der Waals surface area contributed by atoms with Crippen LogP contribution in [0.3, 0.4) is 0 Å². The topological polar surface area (TPSA) is 80.0 Å². The highest BCUT2D eigenvalue weighted by Crippen LogP contribution is 2.15. The Labute approximate surface area is 124 Å². The average molecular weight is 284 g/mol. The molecule has 0 fully saturated rings. The first-order valence-corrected chi connectivity index (χ1v) is 6.88. The zero-order chi connectivity index (χ0) is 15.2. The summed E-state index contributed by atoms with van der Waals surface area (Å²) in [4.78, 5) is 16.2. The maximum absolute atomic E-state index is 12.0. The van der Waals surface area contributed by atoms with Crippen molar-refractivity contribution in [2.24, 2.45) is 0 Å². The molecule has 0 spiro atoms. The number of anilines is 2. The lowest BCUT2D eigenvalue weighted by atomic mass is 10.1. The summed E-state index contributed by atoms with van der Waals surface area (Å²) < 4.78 is 0. The summed E-state index contributed by atoms with van der Waals surface area (Å²) in [6.45, 7) is 4.93. The number of nitrogens with two attached hydrogens (primary N) is 1. The number of carbonyl (C=O) groups is 1. The van der Waals surface area contributed by atoms with Gasteiger partial charge in [-0.1, -0.05) is 18.2 Å². The molecule has 1 aromatic carbocycles. The summed E-state index contributed by atoms with van der Waals surface area (Å²) in [5.41, 5.74) is 9.16. The zero-order valence-corrected chi connectivity index (χ0v) is 12.3. The molecule has 0 aliphatic heterocycles. The maximum atomic E-state index is 12.0. The largest absolute Gasteiger partial charge is 0.396 e. The summed E-state index contributed by atoms with van der Waals surface area (Å²) in [5.74, 6) is 0.575. The summed E-state index contributed by atoms with van der Waals surface area (Å²) in [5, 5.41) is 5.98. The zero-order valence-electron chi connectivity index (χ0n) is 12.3. The van der Waals surface area contributed by atoms with Gasteiger partial charge in [-0.05, 0) is 37.1 Å². The van der Waals surface area contributed by atoms with Gasteiger partial charge < -0.3 is 16.4 Å². The number of nitrogens with one attached hydrogen (secondary N) is 2. The standard InChI is InChI=1S/C16H20N4O/c1-11-9-14(17)15(20-10-11)18-7-8-19-16(21)13-6-4-3-5-12(13)2/h3-6,9-10H,7-8,17H2,1-2H3,(H,18,20)(H,19,21). The van der Waals surface area contributed by atoms with Crippen LogP contribution < -0.4 is 16.4 Å². The highest BCUT2D eigenvalue weighted by Gasteiger charge is 2.07. The minimum absolute atomic E-state index is 0.0697. The Morgan fingerprint density at radius 2 is 2.00 bits per heavy atom. The van der Waals surface area contributed by atoms with Gasteiger partial charge in [-0.15, -0.1) is 0 Å². The first-order valence-electron chi connectivity index (χ1n) is 6.88. The van der Waals surface area contributed by atoms with Gasteiger partial charge >= 0.3 is 0 Å². The van der Waals surface area contributed by atoms with Crippen LogP contribution in [0, 0.1) is 13.8 Å². The Kier molecular flexibility index (Phi) is 4.77. The van der Waals surface area contributed by atoms with Crippen molar-refractivity contribution < 1.29 is 4.79 Å². The van der Waals surface area contributed by atoms with Crippen molar-refractivity contribution in [1.82, 2.24) is 10.3 Å². The molecule has 0 saturated heterocycles. The van der Waals surface area contributed by atoms with Crippen molar-refractivity contribution in [1.29, 1.82) is 0 Å². The van der Waals surface area contributed by atoms with E-state index in [-0.39, 0.29) is 5.91 Å². The van der Waals surface area contributed by atoms with Gasteiger partial charge in [0.05, 0.1) is 5.69 Å². The molecule has 0 aliphatic carbocycles. The SMILES string of the molecule is Cc1cnc(NCCNC(=O)c2ccccc2C)c(N)c1. The van der Waals surface area contributed by atoms with Crippen molar-refractivity contribution in [2.45, 2.75) is 13.8 Å². The van der Waals surface area contributed by atoms with Gasteiger partial charge in [-0.25, -0.2) is 4.98 Å². The lowest BCUT2D eigenvalue weighted by Crippen LogP contribution is -2.29. The first-order chi connectivity index (χ1) is 10.1. The fraction of sp³-hybridized carbons (Fsp3) is 0.250. The number of carbonyl (C=O) groups excluding carboxylic acids is 1. The van der Waals surface area contributed by atoms with Gasteiger partial charge in [-0.2, -0.15) is 0 Å². The Morgan fingerprint density at radius 3 is 2.71 bits per heavy atom. The number of amides is 1. The van der Waals surface area contributed by atoms with E-state index in [0.29, 0.717) is 30.2 Å². The second-order valence-electron chi connectivity index (χ2n) is 4.95. The second-order valence-corrected chi connectivity index (χ2v) is 4.95. The highest BCUT2D eigenvalue weighted by molar-refractivity contribution is 5.95. The number of aromatic nitrogens is 1. The number of pyridine rings is 1. The Hall–Kier alpha value is -2.56. The molecule has 0 saturated carbocycles. The van der Waals surface area contributed by atoms with Crippen LogP contribution in [0.4, 0.5) is 11.5 Å². The van der Waals surface area contributed by atoms with Crippen LogP contribution in [-0.4, -0.2) is 24.0 Å². The van der Waals surface area contributed by atoms with Gasteiger partial charge in [0.15, 0.2) is 0 Å². The monoisotopic (exact) mass is 284 g/mol. The van der Waals surface area contributed by atoms with E-state index < -0.39 is 0 Å². The Balaban J connectivity index is 1.82. The summed E-state index contributed by atoms with van der Waals surface area (Å²) >= 11 is 0. The van der Waals surface area contributed by atoms with Gasteiger partial charge in [-0.3, -0.25) is 4.79 Å². The van der Waals surface area contributed by atoms with Crippen molar-refractivity contribution in [2.75, 3.05) is 24.1 Å². The van der Waals surface area contributed by atoms with E-state index in [1.165, 1.54) is 0 Å². The molecule has 5 nitrogen and oxygen atoms in total. The smallest absolute Gasteiger partial charge is 0.251 e. The first kappa shape index (κ1) is 14.8. The molecule has 4 N–H and O–H groups in total. The van der Waals surface area contributed by atoms with Gasteiger partial charge in [0, 0.05) is 24.8 Å². The van der Waals surface area contributed by atoms with Gasteiger partial charge in [0.2, 0.25) is 0 Å². The summed E-state index contributed by atoms with van der Waals surface area (Å²) in [6.07, 6.45) is 1.75. The van der Waals surface area contributed by atoms with E-state index in [1.54, 1.807) is 6.20 Å². The van der Waals surface area contributed by atoms with E-state index >= 15 is 0 Å². The van der Waals surface area contributed by atoms with Crippen molar-refractivity contribution >= 4 is 17.4 Å². The van der Waals surface area contributed by atoms with Gasteiger partial charge in [0.25, 0.3) is 5.91 Å². The normalized spacial score (nSPS) is 10.2. The molecule has 1 aromatic heterocycles. The van der Waals surface area contributed by atoms with Crippen LogP contribution in [0.15, 0.2) is 36.5 Å². The molecule has 0 radical (unpaired) electrons. The number of aryl methyl sites for hydroxylation is 2. The number of hydrogen-bond donors (Lipinski definition) is 3. The second kappa shape index (κ2) is 6.74. The third-order valence-corrected chi connectivity index (χ3v) is 3.15. The van der Waals surface area contributed by atoms with E-state index in [4.69, 9.17) is 5.73 Å². The quantitative estimate of drug-likeness (QED) is 0.735. The predicted molar refractivity (Wildman–Crippen MR) is 85.4 cm³/mol. The Bertz CT molecular complexity index is 640. The molecule has 1 heterocycles. The molecule has 21 heavy (non-hydrogen) atoms. The van der Waals surface area contributed by atoms with Crippen LogP contribution >= 0.6 is 0 Å². The molecule has 0 bridgehead atoms. The molecule has 110 valence electrons. The molecule has 0 atom stereocenters. The fourth-order valence-corrected chi connectivity index (χ4v) is 2.02. The number of benzene rings is 1. The molecule has 5 heteroatoms. The lowest BCUT2D eigenvalue weighted by Gasteiger charge is -2.10. The minimum atomic E-state index is -0.0697. The molecule has 2 aromatic rings. The molecular weight excluding hydrogens is 264 g/mol. The lowest BCUT2D eigenvalue weighted by molar-refractivity contribution is 0.0954. The molecule has 0 aliphatic rings. The number of nitrogens with zero attached hydrogens (tertiary/aromatic N) is 1. The fourth-order valence-electron chi connectivity index (χ4n) is 2.02. The molecule has 0 unspecified atom stereocenters. The average Bonchev–Trinajstić information content (AvgIpc) is 2.45. The molecule has 1 amide bonds. The van der Waals surface area contributed by atoms with Crippen LogP contribution in [0.5, 0.6) is 0 Å². The Morgan fingerprint density at radius 1 is 1.24 bits per heavy atom. The van der Waals surface area contributed by atoms with Crippen molar-refractivity contribution in [3.8, 4) is 0 Å². The van der Waals surface area contributed by atoms with E-state index in [9.17, 15) is 4.79 Å². The third-order valence-electron chi connectivity index (χ3n) is 3.15. The number of nitrogen functional groups attached to an aromatic ring is 1. The van der Waals surface area contributed by atoms with Crippen LogP contribution in [0.2, 0.25) is 0 Å². The third kappa shape index (κ3) is 3.95. The van der Waals surface area contributed by atoms with Crippen molar-refractivity contribution in [3.05, 3.63) is 53.2 Å².